The van der Waals surface area contributed by atoms with Crippen LogP contribution in [0.2, 0.25) is 0 Å². The Kier molecular flexibility index (Phi) is 4.93. The van der Waals surface area contributed by atoms with E-state index in [1.54, 1.807) is 11.3 Å². The number of aliphatic carboxylic acids is 1. The topological polar surface area (TPSA) is 75.4 Å². The minimum absolute atomic E-state index is 0.0332. The molecule has 3 heterocycles. The monoisotopic (exact) mass is 397 g/mol. The van der Waals surface area contributed by atoms with E-state index in [0.717, 1.165) is 45.7 Å². The van der Waals surface area contributed by atoms with Crippen LogP contribution in [-0.4, -0.2) is 44.5 Å². The standard InChI is InChI=1S/C21H23N3O3S/c1-13-22-14(12-28-13)9-20(25)23(2)15-7-8-19-17(10-21(26)27)16-5-3-4-6-18(16)24(19)11-15/h3-6,12,15H,7-11H2,1-2H3,(H,26,27)/t15-/m1/s1. The number of carbonyl (C=O) groups excluding carboxylic acids is 1. The van der Waals surface area contributed by atoms with Gasteiger partial charge in [-0.1, -0.05) is 18.2 Å². The molecule has 2 aromatic heterocycles. The van der Waals surface area contributed by atoms with Crippen molar-refractivity contribution in [3.05, 3.63) is 51.6 Å². The minimum atomic E-state index is -0.813. The molecule has 0 spiro atoms. The highest BCUT2D eigenvalue weighted by atomic mass is 32.1. The van der Waals surface area contributed by atoms with Crippen molar-refractivity contribution < 1.29 is 14.7 Å². The summed E-state index contributed by atoms with van der Waals surface area (Å²) in [5.74, 6) is -0.743. The van der Waals surface area contributed by atoms with E-state index in [1.165, 1.54) is 0 Å². The summed E-state index contributed by atoms with van der Waals surface area (Å²) in [6, 6.07) is 8.04. The molecule has 3 aromatic rings. The number of aromatic nitrogens is 2. The Hall–Kier alpha value is -2.67. The zero-order valence-corrected chi connectivity index (χ0v) is 16.8. The molecule has 0 radical (unpaired) electrons. The number of rotatable bonds is 5. The first-order valence-corrected chi connectivity index (χ1v) is 10.3. The largest absolute Gasteiger partial charge is 0.481 e. The van der Waals surface area contributed by atoms with Crippen molar-refractivity contribution in [3.63, 3.8) is 0 Å². The lowest BCUT2D eigenvalue weighted by Crippen LogP contribution is -2.43. The summed E-state index contributed by atoms with van der Waals surface area (Å²) in [7, 11) is 1.86. The van der Waals surface area contributed by atoms with Crippen LogP contribution >= 0.6 is 11.3 Å². The van der Waals surface area contributed by atoms with E-state index >= 15 is 0 Å². The van der Waals surface area contributed by atoms with Gasteiger partial charge in [-0.2, -0.15) is 0 Å². The Labute approximate surface area is 167 Å². The molecule has 1 aromatic carbocycles. The lowest BCUT2D eigenvalue weighted by Gasteiger charge is -2.33. The van der Waals surface area contributed by atoms with Gasteiger partial charge in [0.2, 0.25) is 5.91 Å². The average molecular weight is 398 g/mol. The summed E-state index contributed by atoms with van der Waals surface area (Å²) in [6.45, 7) is 2.63. The van der Waals surface area contributed by atoms with Crippen LogP contribution in [0.1, 0.15) is 28.4 Å². The first kappa shape index (κ1) is 18.7. The molecular weight excluding hydrogens is 374 g/mol. The first-order valence-electron chi connectivity index (χ1n) is 9.41. The highest BCUT2D eigenvalue weighted by molar-refractivity contribution is 7.09. The number of carboxylic acid groups (broad SMARTS) is 1. The predicted molar refractivity (Wildman–Crippen MR) is 109 cm³/mol. The zero-order chi connectivity index (χ0) is 19.8. The maximum atomic E-state index is 12.8. The number of likely N-dealkylation sites (N-methyl/N-ethyl adjacent to an activating group) is 1. The van der Waals surface area contributed by atoms with Crippen molar-refractivity contribution in [1.82, 2.24) is 14.5 Å². The van der Waals surface area contributed by atoms with Gasteiger partial charge in [0.15, 0.2) is 0 Å². The molecule has 4 rings (SSSR count). The molecule has 1 aliphatic heterocycles. The van der Waals surface area contributed by atoms with Crippen LogP contribution in [0, 0.1) is 6.92 Å². The molecule has 1 N–H and O–H groups in total. The third-order valence-corrected chi connectivity index (χ3v) is 6.39. The van der Waals surface area contributed by atoms with Crippen molar-refractivity contribution in [1.29, 1.82) is 0 Å². The second-order valence-electron chi connectivity index (χ2n) is 7.36. The van der Waals surface area contributed by atoms with E-state index in [2.05, 4.69) is 9.55 Å². The lowest BCUT2D eigenvalue weighted by atomic mass is 9.99. The zero-order valence-electron chi connectivity index (χ0n) is 16.0. The maximum Gasteiger partial charge on any atom is 0.307 e. The summed E-state index contributed by atoms with van der Waals surface area (Å²) in [5.41, 5.74) is 3.88. The van der Waals surface area contributed by atoms with E-state index in [9.17, 15) is 14.7 Å². The number of para-hydroxylation sites is 1. The number of hydrogen-bond acceptors (Lipinski definition) is 4. The van der Waals surface area contributed by atoms with Gasteiger partial charge in [-0.3, -0.25) is 9.59 Å². The summed E-state index contributed by atoms with van der Waals surface area (Å²) >= 11 is 1.56. The van der Waals surface area contributed by atoms with Gasteiger partial charge in [0, 0.05) is 41.6 Å². The molecular formula is C21H23N3O3S. The highest BCUT2D eigenvalue weighted by Gasteiger charge is 2.29. The summed E-state index contributed by atoms with van der Waals surface area (Å²) < 4.78 is 2.21. The van der Waals surface area contributed by atoms with E-state index in [4.69, 9.17) is 0 Å². The number of fused-ring (bicyclic) bond motifs is 3. The quantitative estimate of drug-likeness (QED) is 0.718. The number of aryl methyl sites for hydroxylation is 1. The molecule has 1 atom stereocenters. The normalized spacial score (nSPS) is 16.1. The van der Waals surface area contributed by atoms with Crippen molar-refractivity contribution in [2.45, 2.75) is 45.2 Å². The van der Waals surface area contributed by atoms with Crippen molar-refractivity contribution in [2.75, 3.05) is 7.05 Å². The first-order chi connectivity index (χ1) is 13.4. The number of amides is 1. The Morgan fingerprint density at radius 2 is 2.11 bits per heavy atom. The molecule has 1 aliphatic rings. The third-order valence-electron chi connectivity index (χ3n) is 5.57. The maximum absolute atomic E-state index is 12.8. The summed E-state index contributed by atoms with van der Waals surface area (Å²) in [6.07, 6.45) is 1.96. The molecule has 7 heteroatoms. The summed E-state index contributed by atoms with van der Waals surface area (Å²) in [4.78, 5) is 30.3. The number of benzene rings is 1. The molecule has 0 saturated carbocycles. The molecule has 28 heavy (non-hydrogen) atoms. The van der Waals surface area contributed by atoms with Crippen molar-refractivity contribution in [3.8, 4) is 0 Å². The number of thiazole rings is 1. The molecule has 1 amide bonds. The predicted octanol–water partition coefficient (Wildman–Crippen LogP) is 3.05. The van der Waals surface area contributed by atoms with Gasteiger partial charge in [0.05, 0.1) is 23.5 Å². The SMILES string of the molecule is Cc1nc(CC(=O)N(C)[C@@H]2CCc3c(CC(=O)O)c4ccccc4n3C2)cs1. The lowest BCUT2D eigenvalue weighted by molar-refractivity contribution is -0.136. The highest BCUT2D eigenvalue weighted by Crippen LogP contribution is 2.32. The fourth-order valence-electron chi connectivity index (χ4n) is 4.17. The van der Waals surface area contributed by atoms with Gasteiger partial charge in [-0.05, 0) is 31.4 Å². The Balaban J connectivity index is 1.59. The molecule has 0 saturated heterocycles. The van der Waals surface area contributed by atoms with Crippen LogP contribution in [0.3, 0.4) is 0 Å². The number of carbonyl (C=O) groups is 2. The second-order valence-corrected chi connectivity index (χ2v) is 8.42. The van der Waals surface area contributed by atoms with E-state index in [-0.39, 0.29) is 18.4 Å². The van der Waals surface area contributed by atoms with Crippen molar-refractivity contribution >= 4 is 34.1 Å². The smallest absolute Gasteiger partial charge is 0.307 e. The fourth-order valence-corrected chi connectivity index (χ4v) is 4.78. The van der Waals surface area contributed by atoms with Crippen LogP contribution in [0.5, 0.6) is 0 Å². The number of hydrogen-bond donors (Lipinski definition) is 1. The molecule has 0 fully saturated rings. The van der Waals surface area contributed by atoms with Crippen LogP contribution in [0.15, 0.2) is 29.6 Å². The Morgan fingerprint density at radius 1 is 1.32 bits per heavy atom. The molecule has 146 valence electrons. The van der Waals surface area contributed by atoms with Crippen LogP contribution < -0.4 is 0 Å². The number of nitrogens with zero attached hydrogens (tertiary/aromatic N) is 3. The average Bonchev–Trinajstić information content (AvgIpc) is 3.22. The van der Waals surface area contributed by atoms with Gasteiger partial charge in [0.1, 0.15) is 0 Å². The molecule has 0 bridgehead atoms. The van der Waals surface area contributed by atoms with Gasteiger partial charge in [-0.25, -0.2) is 4.98 Å². The van der Waals surface area contributed by atoms with Crippen molar-refractivity contribution in [2.24, 2.45) is 0 Å². The molecule has 0 unspecified atom stereocenters. The van der Waals surface area contributed by atoms with Gasteiger partial charge in [0.25, 0.3) is 0 Å². The summed E-state index contributed by atoms with van der Waals surface area (Å²) in [5, 5.41) is 13.3. The third kappa shape index (κ3) is 3.42. The van der Waals surface area contributed by atoms with Gasteiger partial charge in [-0.15, -0.1) is 11.3 Å². The van der Waals surface area contributed by atoms with E-state index in [1.807, 2.05) is 48.5 Å². The van der Waals surface area contributed by atoms with E-state index in [0.29, 0.717) is 13.0 Å². The van der Waals surface area contributed by atoms with Gasteiger partial charge < -0.3 is 14.6 Å². The Morgan fingerprint density at radius 3 is 2.82 bits per heavy atom. The molecule has 0 aliphatic carbocycles. The number of carboxylic acids is 1. The molecule has 6 nitrogen and oxygen atoms in total. The second kappa shape index (κ2) is 7.39. The van der Waals surface area contributed by atoms with E-state index < -0.39 is 5.97 Å². The Bertz CT molecular complexity index is 1050. The van der Waals surface area contributed by atoms with Crippen LogP contribution in [0.25, 0.3) is 10.9 Å². The van der Waals surface area contributed by atoms with Crippen LogP contribution in [0.4, 0.5) is 0 Å². The minimum Gasteiger partial charge on any atom is -0.481 e. The van der Waals surface area contributed by atoms with Gasteiger partial charge >= 0.3 is 5.97 Å². The van der Waals surface area contributed by atoms with Crippen LogP contribution in [-0.2, 0) is 35.4 Å². The fraction of sp³-hybridized carbons (Fsp3) is 0.381.